The lowest BCUT2D eigenvalue weighted by Crippen LogP contribution is -2.15. The van der Waals surface area contributed by atoms with Crippen molar-refractivity contribution >= 4 is 21.6 Å². The summed E-state index contributed by atoms with van der Waals surface area (Å²) in [5.74, 6) is 0.760. The first-order valence-electron chi connectivity index (χ1n) is 5.17. The number of benzene rings is 1. The SMILES string of the molecule is CCN(C)c1ccc(C2CC2Br)cc1. The third-order valence-electron chi connectivity index (χ3n) is 2.95. The third-order valence-corrected chi connectivity index (χ3v) is 3.96. The van der Waals surface area contributed by atoms with E-state index in [9.17, 15) is 0 Å². The van der Waals surface area contributed by atoms with Gasteiger partial charge in [0.15, 0.2) is 0 Å². The molecule has 0 radical (unpaired) electrons. The molecule has 0 bridgehead atoms. The minimum Gasteiger partial charge on any atom is -0.375 e. The topological polar surface area (TPSA) is 3.24 Å². The Balaban J connectivity index is 2.10. The molecule has 1 aliphatic carbocycles. The van der Waals surface area contributed by atoms with Crippen LogP contribution in [0.4, 0.5) is 5.69 Å². The molecular weight excluding hydrogens is 238 g/mol. The summed E-state index contributed by atoms with van der Waals surface area (Å²) in [7, 11) is 2.12. The van der Waals surface area contributed by atoms with Gasteiger partial charge in [-0.1, -0.05) is 28.1 Å². The highest BCUT2D eigenvalue weighted by atomic mass is 79.9. The number of anilines is 1. The van der Waals surface area contributed by atoms with Gasteiger partial charge in [-0.15, -0.1) is 0 Å². The molecule has 2 atom stereocenters. The highest BCUT2D eigenvalue weighted by Gasteiger charge is 2.35. The molecule has 76 valence electrons. The number of rotatable bonds is 3. The van der Waals surface area contributed by atoms with E-state index < -0.39 is 0 Å². The van der Waals surface area contributed by atoms with Crippen LogP contribution in [0.25, 0.3) is 0 Å². The summed E-state index contributed by atoms with van der Waals surface area (Å²) in [4.78, 5) is 2.97. The molecule has 0 spiro atoms. The summed E-state index contributed by atoms with van der Waals surface area (Å²) in [6, 6.07) is 8.95. The second-order valence-electron chi connectivity index (χ2n) is 3.96. The summed E-state index contributed by atoms with van der Waals surface area (Å²) in [5, 5.41) is 0. The normalized spacial score (nSPS) is 24.8. The highest BCUT2D eigenvalue weighted by molar-refractivity contribution is 9.09. The van der Waals surface area contributed by atoms with E-state index in [2.05, 4.69) is 59.1 Å². The Hall–Kier alpha value is -0.500. The van der Waals surface area contributed by atoms with Gasteiger partial charge in [0.2, 0.25) is 0 Å². The summed E-state index contributed by atoms with van der Waals surface area (Å²) in [6.45, 7) is 3.23. The van der Waals surface area contributed by atoms with Crippen LogP contribution in [0.15, 0.2) is 24.3 Å². The van der Waals surface area contributed by atoms with Gasteiger partial charge in [-0.2, -0.15) is 0 Å². The molecule has 1 fully saturated rings. The van der Waals surface area contributed by atoms with Crippen LogP contribution >= 0.6 is 15.9 Å². The van der Waals surface area contributed by atoms with Crippen molar-refractivity contribution in [1.82, 2.24) is 0 Å². The maximum atomic E-state index is 3.64. The van der Waals surface area contributed by atoms with Crippen molar-refractivity contribution in [1.29, 1.82) is 0 Å². The van der Waals surface area contributed by atoms with Crippen molar-refractivity contribution in [3.8, 4) is 0 Å². The van der Waals surface area contributed by atoms with Crippen molar-refractivity contribution in [2.75, 3.05) is 18.5 Å². The monoisotopic (exact) mass is 253 g/mol. The Morgan fingerprint density at radius 1 is 1.36 bits per heavy atom. The maximum Gasteiger partial charge on any atom is 0.0363 e. The zero-order valence-corrected chi connectivity index (χ0v) is 10.3. The minimum atomic E-state index is 0.720. The van der Waals surface area contributed by atoms with Crippen LogP contribution in [0.5, 0.6) is 0 Å². The van der Waals surface area contributed by atoms with Crippen LogP contribution in [0.1, 0.15) is 24.8 Å². The van der Waals surface area contributed by atoms with Crippen LogP contribution < -0.4 is 4.90 Å². The van der Waals surface area contributed by atoms with Gasteiger partial charge in [0.1, 0.15) is 0 Å². The largest absolute Gasteiger partial charge is 0.375 e. The van der Waals surface area contributed by atoms with Crippen molar-refractivity contribution < 1.29 is 0 Å². The molecule has 1 saturated carbocycles. The Labute approximate surface area is 94.2 Å². The van der Waals surface area contributed by atoms with Crippen LogP contribution in [0.3, 0.4) is 0 Å². The second kappa shape index (κ2) is 3.93. The summed E-state index contributed by atoms with van der Waals surface area (Å²) < 4.78 is 0. The molecule has 2 unspecified atom stereocenters. The summed E-state index contributed by atoms with van der Waals surface area (Å²) in [6.07, 6.45) is 1.29. The van der Waals surface area contributed by atoms with Gasteiger partial charge in [-0.25, -0.2) is 0 Å². The molecule has 1 aromatic rings. The zero-order chi connectivity index (χ0) is 10.1. The zero-order valence-electron chi connectivity index (χ0n) is 8.70. The Kier molecular flexibility index (Phi) is 2.82. The molecule has 2 rings (SSSR count). The van der Waals surface area contributed by atoms with Gasteiger partial charge >= 0.3 is 0 Å². The fraction of sp³-hybridized carbons (Fsp3) is 0.500. The molecule has 1 aromatic carbocycles. The molecule has 1 aliphatic rings. The predicted molar refractivity (Wildman–Crippen MR) is 65.5 cm³/mol. The molecule has 0 N–H and O–H groups in total. The number of alkyl halides is 1. The highest BCUT2D eigenvalue weighted by Crippen LogP contribution is 2.46. The van der Waals surface area contributed by atoms with E-state index in [4.69, 9.17) is 0 Å². The van der Waals surface area contributed by atoms with Crippen LogP contribution in [0, 0.1) is 0 Å². The first-order chi connectivity index (χ1) is 6.72. The molecule has 14 heavy (non-hydrogen) atoms. The van der Waals surface area contributed by atoms with Gasteiger partial charge < -0.3 is 4.90 Å². The predicted octanol–water partition coefficient (Wildman–Crippen LogP) is 3.39. The van der Waals surface area contributed by atoms with E-state index in [0.717, 1.165) is 17.3 Å². The first-order valence-corrected chi connectivity index (χ1v) is 6.09. The minimum absolute atomic E-state index is 0.720. The average molecular weight is 254 g/mol. The number of nitrogens with zero attached hydrogens (tertiary/aromatic N) is 1. The fourth-order valence-corrected chi connectivity index (χ4v) is 2.38. The number of hydrogen-bond acceptors (Lipinski definition) is 1. The lowest BCUT2D eigenvalue weighted by Gasteiger charge is -2.16. The Morgan fingerprint density at radius 3 is 2.36 bits per heavy atom. The number of halogens is 1. The van der Waals surface area contributed by atoms with Crippen molar-refractivity contribution in [2.45, 2.75) is 24.1 Å². The van der Waals surface area contributed by atoms with Gasteiger partial charge in [-0.3, -0.25) is 0 Å². The second-order valence-corrected chi connectivity index (χ2v) is 5.14. The molecule has 0 heterocycles. The van der Waals surface area contributed by atoms with E-state index in [1.807, 2.05) is 0 Å². The molecular formula is C12H16BrN. The van der Waals surface area contributed by atoms with Crippen LogP contribution in [-0.4, -0.2) is 18.4 Å². The quantitative estimate of drug-likeness (QED) is 0.747. The first kappa shape index (κ1) is 10.0. The summed E-state index contributed by atoms with van der Waals surface area (Å²) >= 11 is 3.64. The molecule has 0 saturated heterocycles. The lowest BCUT2D eigenvalue weighted by molar-refractivity contribution is 0.966. The van der Waals surface area contributed by atoms with Crippen molar-refractivity contribution in [2.24, 2.45) is 0 Å². The van der Waals surface area contributed by atoms with E-state index in [-0.39, 0.29) is 0 Å². The van der Waals surface area contributed by atoms with Crippen LogP contribution in [0.2, 0.25) is 0 Å². The van der Waals surface area contributed by atoms with Crippen molar-refractivity contribution in [3.63, 3.8) is 0 Å². The van der Waals surface area contributed by atoms with E-state index >= 15 is 0 Å². The Morgan fingerprint density at radius 2 is 1.93 bits per heavy atom. The molecule has 0 aromatic heterocycles. The van der Waals surface area contributed by atoms with E-state index in [0.29, 0.717) is 0 Å². The molecule has 1 nitrogen and oxygen atoms in total. The number of hydrogen-bond donors (Lipinski definition) is 0. The van der Waals surface area contributed by atoms with Gasteiger partial charge in [-0.05, 0) is 37.0 Å². The third kappa shape index (κ3) is 1.95. The molecule has 0 amide bonds. The maximum absolute atomic E-state index is 3.64. The summed E-state index contributed by atoms with van der Waals surface area (Å²) in [5.41, 5.74) is 2.78. The fourth-order valence-electron chi connectivity index (χ4n) is 1.67. The average Bonchev–Trinajstić information content (AvgIpc) is 2.95. The van der Waals surface area contributed by atoms with Crippen molar-refractivity contribution in [3.05, 3.63) is 29.8 Å². The van der Waals surface area contributed by atoms with E-state index in [1.54, 1.807) is 0 Å². The molecule has 0 aliphatic heterocycles. The lowest BCUT2D eigenvalue weighted by atomic mass is 10.1. The smallest absolute Gasteiger partial charge is 0.0363 e. The van der Waals surface area contributed by atoms with Crippen LogP contribution in [-0.2, 0) is 0 Å². The van der Waals surface area contributed by atoms with E-state index in [1.165, 1.54) is 17.7 Å². The van der Waals surface area contributed by atoms with Gasteiger partial charge in [0, 0.05) is 24.1 Å². The molecule has 2 heteroatoms. The van der Waals surface area contributed by atoms with Gasteiger partial charge in [0.25, 0.3) is 0 Å². The van der Waals surface area contributed by atoms with Gasteiger partial charge in [0.05, 0.1) is 0 Å². The standard InChI is InChI=1S/C12H16BrN/c1-3-14(2)10-6-4-9(5-7-10)11-8-12(11)13/h4-7,11-12H,3,8H2,1-2H3. The Bertz CT molecular complexity index is 284.